The van der Waals surface area contributed by atoms with Crippen LogP contribution in [-0.2, 0) is 11.2 Å². The Balaban J connectivity index is 1.45. The van der Waals surface area contributed by atoms with Crippen LogP contribution < -0.4 is 4.74 Å². The average molecular weight is 412 g/mol. The van der Waals surface area contributed by atoms with E-state index < -0.39 is 6.10 Å². The molecule has 0 spiro atoms. The third-order valence-corrected chi connectivity index (χ3v) is 7.41. The number of aromatic hydroxyl groups is 3. The van der Waals surface area contributed by atoms with E-state index in [1.54, 1.807) is 18.2 Å². The van der Waals surface area contributed by atoms with E-state index >= 15 is 0 Å². The number of benzene rings is 2. The minimum absolute atomic E-state index is 0.0300. The number of methoxy groups -OCH3 is 1. The maximum absolute atomic E-state index is 11.2. The van der Waals surface area contributed by atoms with Gasteiger partial charge >= 0.3 is 0 Å². The standard InChI is InChI=1S/C24H28O6/c1-29-24-15-8-9-17-21(27)16-7-4-13(12-2-5-14(25)6-3-12)10-20(16)30-23(17)18(15)11-19(26)22(24)28/h2-3,5-6,11,13,16-17,20-21,23,25-28H,4,7-10H2,1H3. The second-order valence-electron chi connectivity index (χ2n) is 8.90. The molecule has 0 aromatic heterocycles. The Hall–Kier alpha value is -2.44. The van der Waals surface area contributed by atoms with Crippen molar-refractivity contribution in [3.63, 3.8) is 0 Å². The van der Waals surface area contributed by atoms with Crippen molar-refractivity contribution < 1.29 is 29.9 Å². The molecule has 0 amide bonds. The van der Waals surface area contributed by atoms with Gasteiger partial charge in [-0.1, -0.05) is 12.1 Å². The van der Waals surface area contributed by atoms with Crippen LogP contribution in [0.1, 0.15) is 54.4 Å². The normalized spacial score (nSPS) is 32.6. The fourth-order valence-electron chi connectivity index (χ4n) is 5.90. The Labute approximate surface area is 175 Å². The molecule has 0 radical (unpaired) electrons. The molecule has 5 rings (SSSR count). The third kappa shape index (κ3) is 3.01. The molecule has 0 bridgehead atoms. The van der Waals surface area contributed by atoms with E-state index in [0.717, 1.165) is 36.8 Å². The van der Waals surface area contributed by atoms with Crippen LogP contribution in [0, 0.1) is 11.8 Å². The van der Waals surface area contributed by atoms with Crippen molar-refractivity contribution in [2.45, 2.75) is 56.3 Å². The lowest BCUT2D eigenvalue weighted by atomic mass is 9.66. The van der Waals surface area contributed by atoms with Crippen LogP contribution in [0.4, 0.5) is 0 Å². The molecular weight excluding hydrogens is 384 g/mol. The molecule has 6 atom stereocenters. The van der Waals surface area contributed by atoms with E-state index in [4.69, 9.17) is 9.47 Å². The lowest BCUT2D eigenvalue weighted by Crippen LogP contribution is -2.51. The van der Waals surface area contributed by atoms with Gasteiger partial charge in [-0.3, -0.25) is 0 Å². The molecule has 6 unspecified atom stereocenters. The predicted molar refractivity (Wildman–Crippen MR) is 110 cm³/mol. The number of rotatable bonds is 2. The highest BCUT2D eigenvalue weighted by Gasteiger charge is 2.50. The summed E-state index contributed by atoms with van der Waals surface area (Å²) in [6.45, 7) is 0. The van der Waals surface area contributed by atoms with Crippen molar-refractivity contribution in [2.75, 3.05) is 7.11 Å². The first-order valence-corrected chi connectivity index (χ1v) is 10.7. The number of ether oxygens (including phenoxy) is 2. The Morgan fingerprint density at radius 2 is 1.77 bits per heavy atom. The molecule has 2 aromatic rings. The van der Waals surface area contributed by atoms with Crippen molar-refractivity contribution in [1.29, 1.82) is 0 Å². The molecule has 3 aliphatic rings. The van der Waals surface area contributed by atoms with Gasteiger partial charge in [0.25, 0.3) is 0 Å². The summed E-state index contributed by atoms with van der Waals surface area (Å²) in [6.07, 6.45) is 3.26. The second kappa shape index (κ2) is 7.36. The number of hydrogen-bond acceptors (Lipinski definition) is 6. The number of fused-ring (bicyclic) bond motifs is 4. The first-order chi connectivity index (χ1) is 14.5. The molecule has 2 fully saturated rings. The molecule has 1 aliphatic heterocycles. The van der Waals surface area contributed by atoms with Gasteiger partial charge in [0, 0.05) is 17.4 Å². The van der Waals surface area contributed by atoms with Gasteiger partial charge < -0.3 is 29.9 Å². The van der Waals surface area contributed by atoms with Crippen LogP contribution in [0.3, 0.4) is 0 Å². The van der Waals surface area contributed by atoms with E-state index in [1.165, 1.54) is 12.7 Å². The van der Waals surface area contributed by atoms with E-state index in [-0.39, 0.29) is 41.3 Å². The monoisotopic (exact) mass is 412 g/mol. The van der Waals surface area contributed by atoms with Crippen LogP contribution in [0.15, 0.2) is 30.3 Å². The Morgan fingerprint density at radius 3 is 2.50 bits per heavy atom. The van der Waals surface area contributed by atoms with Gasteiger partial charge in [-0.25, -0.2) is 0 Å². The zero-order valence-electron chi connectivity index (χ0n) is 17.0. The highest BCUT2D eigenvalue weighted by Crippen LogP contribution is 2.54. The molecule has 1 saturated carbocycles. The largest absolute Gasteiger partial charge is 0.508 e. The molecule has 6 heteroatoms. The molecule has 6 nitrogen and oxygen atoms in total. The highest BCUT2D eigenvalue weighted by molar-refractivity contribution is 5.59. The molecular formula is C24H28O6. The minimum atomic E-state index is -0.454. The summed E-state index contributed by atoms with van der Waals surface area (Å²) >= 11 is 0. The van der Waals surface area contributed by atoms with Gasteiger partial charge in [0.1, 0.15) is 5.75 Å². The van der Waals surface area contributed by atoms with E-state index in [1.807, 2.05) is 12.1 Å². The lowest BCUT2D eigenvalue weighted by molar-refractivity contribution is -0.193. The van der Waals surface area contributed by atoms with E-state index in [9.17, 15) is 20.4 Å². The maximum Gasteiger partial charge on any atom is 0.200 e. The molecule has 30 heavy (non-hydrogen) atoms. The molecule has 1 heterocycles. The Morgan fingerprint density at radius 1 is 1.00 bits per heavy atom. The summed E-state index contributed by atoms with van der Waals surface area (Å²) in [6, 6.07) is 8.92. The summed E-state index contributed by atoms with van der Waals surface area (Å²) < 4.78 is 12.0. The smallest absolute Gasteiger partial charge is 0.200 e. The number of hydrogen-bond donors (Lipinski definition) is 4. The second-order valence-corrected chi connectivity index (χ2v) is 8.90. The minimum Gasteiger partial charge on any atom is -0.508 e. The summed E-state index contributed by atoms with van der Waals surface area (Å²) in [5.74, 6) is 0.489. The van der Waals surface area contributed by atoms with Crippen molar-refractivity contribution in [3.05, 3.63) is 47.0 Å². The Bertz CT molecular complexity index is 940. The van der Waals surface area contributed by atoms with Crippen molar-refractivity contribution in [1.82, 2.24) is 0 Å². The first kappa shape index (κ1) is 19.5. The van der Waals surface area contributed by atoms with Gasteiger partial charge in [-0.05, 0) is 67.3 Å². The van der Waals surface area contributed by atoms with Crippen molar-refractivity contribution in [3.8, 4) is 23.0 Å². The summed E-state index contributed by atoms with van der Waals surface area (Å²) in [5.41, 5.74) is 2.84. The SMILES string of the molecule is COc1c(O)c(O)cc2c1CCC1C2OC2CC(c3ccc(O)cc3)CCC2C1O. The maximum atomic E-state index is 11.2. The lowest BCUT2D eigenvalue weighted by Gasteiger charge is -2.51. The summed E-state index contributed by atoms with van der Waals surface area (Å²) in [5, 5.41) is 41.2. The predicted octanol–water partition coefficient (Wildman–Crippen LogP) is 3.76. The fourth-order valence-corrected chi connectivity index (χ4v) is 5.90. The van der Waals surface area contributed by atoms with E-state index in [0.29, 0.717) is 18.1 Å². The summed E-state index contributed by atoms with van der Waals surface area (Å²) in [4.78, 5) is 0. The zero-order valence-corrected chi connectivity index (χ0v) is 17.0. The number of phenolic OH excluding ortho intramolecular Hbond substituents is 3. The molecule has 4 N–H and O–H groups in total. The first-order valence-electron chi connectivity index (χ1n) is 10.7. The van der Waals surface area contributed by atoms with Crippen molar-refractivity contribution in [2.24, 2.45) is 11.8 Å². The van der Waals surface area contributed by atoms with Gasteiger partial charge in [0.05, 0.1) is 25.4 Å². The van der Waals surface area contributed by atoms with Crippen LogP contribution in [0.2, 0.25) is 0 Å². The van der Waals surface area contributed by atoms with Crippen LogP contribution in [0.5, 0.6) is 23.0 Å². The molecule has 2 aromatic carbocycles. The molecule has 1 saturated heterocycles. The van der Waals surface area contributed by atoms with Gasteiger partial charge in [-0.15, -0.1) is 0 Å². The third-order valence-electron chi connectivity index (χ3n) is 7.41. The number of aliphatic hydroxyl groups is 1. The summed E-state index contributed by atoms with van der Waals surface area (Å²) in [7, 11) is 1.48. The van der Waals surface area contributed by atoms with E-state index in [2.05, 4.69) is 0 Å². The van der Waals surface area contributed by atoms with Gasteiger partial charge in [-0.2, -0.15) is 0 Å². The van der Waals surface area contributed by atoms with Crippen LogP contribution in [0.25, 0.3) is 0 Å². The van der Waals surface area contributed by atoms with Crippen LogP contribution >= 0.6 is 0 Å². The van der Waals surface area contributed by atoms with Gasteiger partial charge in [0.2, 0.25) is 5.75 Å². The van der Waals surface area contributed by atoms with Crippen LogP contribution in [-0.4, -0.2) is 39.7 Å². The molecule has 2 aliphatic carbocycles. The average Bonchev–Trinajstić information content (AvgIpc) is 2.75. The zero-order chi connectivity index (χ0) is 21.0. The Kier molecular flexibility index (Phi) is 4.79. The number of phenols is 3. The highest BCUT2D eigenvalue weighted by atomic mass is 16.5. The number of aliphatic hydroxyl groups excluding tert-OH is 1. The molecule has 160 valence electrons. The quantitative estimate of drug-likeness (QED) is 0.561. The van der Waals surface area contributed by atoms with Crippen molar-refractivity contribution >= 4 is 0 Å². The fraction of sp³-hybridized carbons (Fsp3) is 0.500. The van der Waals surface area contributed by atoms with Gasteiger partial charge in [0.15, 0.2) is 11.5 Å². The topological polar surface area (TPSA) is 99.4 Å².